The molecule has 2 aromatic rings. The number of rotatable bonds is 2. The summed E-state index contributed by atoms with van der Waals surface area (Å²) in [6.45, 7) is 7.44. The zero-order valence-electron chi connectivity index (χ0n) is 15.5. The SMILES string of the molecule is Cc1cc(N)ncc1-c1nc(N2CCOCC2)nc2c1C[C@H]1COCCN21. The standard InChI is InChI=1S/C19H24N6O2/c1-12-8-16(20)21-10-15(12)17-14-9-13-11-27-7-4-25(13)18(14)23-19(22-17)24-2-5-26-6-3-24/h8,10,13H,2-7,9,11H2,1H3,(H2,20,21)/t13-/m0/s1. The first-order chi connectivity index (χ1) is 13.2. The molecule has 3 aliphatic rings. The second-order valence-corrected chi connectivity index (χ2v) is 7.32. The third-order valence-electron chi connectivity index (χ3n) is 5.59. The Bertz CT molecular complexity index is 868. The smallest absolute Gasteiger partial charge is 0.228 e. The minimum absolute atomic E-state index is 0.337. The molecule has 2 N–H and O–H groups in total. The van der Waals surface area contributed by atoms with Crippen LogP contribution in [0.2, 0.25) is 0 Å². The highest BCUT2D eigenvalue weighted by Gasteiger charge is 2.36. The van der Waals surface area contributed by atoms with Gasteiger partial charge in [0.1, 0.15) is 11.6 Å². The highest BCUT2D eigenvalue weighted by atomic mass is 16.5. The lowest BCUT2D eigenvalue weighted by Crippen LogP contribution is -2.43. The molecule has 5 heterocycles. The fraction of sp³-hybridized carbons (Fsp3) is 0.526. The van der Waals surface area contributed by atoms with Gasteiger partial charge in [0.25, 0.3) is 0 Å². The normalized spacial score (nSPS) is 21.9. The summed E-state index contributed by atoms with van der Waals surface area (Å²) in [5, 5.41) is 0. The number of aromatic nitrogens is 3. The van der Waals surface area contributed by atoms with Crippen molar-refractivity contribution in [3.05, 3.63) is 23.4 Å². The number of nitrogens with two attached hydrogens (primary N) is 1. The first-order valence-electron chi connectivity index (χ1n) is 9.51. The Balaban J connectivity index is 1.65. The third-order valence-corrected chi connectivity index (χ3v) is 5.59. The van der Waals surface area contributed by atoms with Crippen molar-refractivity contribution in [3.8, 4) is 11.3 Å². The highest BCUT2D eigenvalue weighted by Crippen LogP contribution is 2.39. The van der Waals surface area contributed by atoms with Crippen LogP contribution in [0.5, 0.6) is 0 Å². The largest absolute Gasteiger partial charge is 0.384 e. The van der Waals surface area contributed by atoms with Gasteiger partial charge in [0, 0.05) is 43.4 Å². The van der Waals surface area contributed by atoms with Crippen molar-refractivity contribution in [2.75, 3.05) is 61.6 Å². The molecule has 8 nitrogen and oxygen atoms in total. The number of fused-ring (bicyclic) bond motifs is 3. The predicted molar refractivity (Wildman–Crippen MR) is 103 cm³/mol. The second kappa shape index (κ2) is 6.61. The summed E-state index contributed by atoms with van der Waals surface area (Å²) in [4.78, 5) is 18.9. The van der Waals surface area contributed by atoms with Crippen LogP contribution in [-0.4, -0.2) is 67.1 Å². The van der Waals surface area contributed by atoms with Crippen molar-refractivity contribution in [1.82, 2.24) is 15.0 Å². The van der Waals surface area contributed by atoms with Crippen LogP contribution in [0.25, 0.3) is 11.3 Å². The quantitative estimate of drug-likeness (QED) is 0.841. The molecule has 0 bridgehead atoms. The molecular formula is C19H24N6O2. The number of hydrogen-bond donors (Lipinski definition) is 1. The lowest BCUT2D eigenvalue weighted by molar-refractivity contribution is 0.0974. The van der Waals surface area contributed by atoms with E-state index in [1.54, 1.807) is 0 Å². The van der Waals surface area contributed by atoms with Gasteiger partial charge in [0.15, 0.2) is 0 Å². The van der Waals surface area contributed by atoms with Gasteiger partial charge in [0.05, 0.1) is 38.2 Å². The molecular weight excluding hydrogens is 344 g/mol. The molecule has 0 aliphatic carbocycles. The molecule has 8 heteroatoms. The summed E-state index contributed by atoms with van der Waals surface area (Å²) >= 11 is 0. The van der Waals surface area contributed by atoms with Gasteiger partial charge in [-0.25, -0.2) is 9.97 Å². The number of hydrogen-bond acceptors (Lipinski definition) is 8. The summed E-state index contributed by atoms with van der Waals surface area (Å²) in [5.74, 6) is 2.35. The molecule has 0 radical (unpaired) electrons. The number of aryl methyl sites for hydroxylation is 1. The van der Waals surface area contributed by atoms with E-state index in [9.17, 15) is 0 Å². The Hall–Kier alpha value is -2.45. The Labute approximate surface area is 158 Å². The van der Waals surface area contributed by atoms with E-state index < -0.39 is 0 Å². The Kier molecular flexibility index (Phi) is 4.09. The van der Waals surface area contributed by atoms with E-state index in [0.29, 0.717) is 25.1 Å². The van der Waals surface area contributed by atoms with Gasteiger partial charge in [-0.15, -0.1) is 0 Å². The van der Waals surface area contributed by atoms with Crippen LogP contribution >= 0.6 is 0 Å². The van der Waals surface area contributed by atoms with Crippen molar-refractivity contribution in [3.63, 3.8) is 0 Å². The molecule has 2 aromatic heterocycles. The van der Waals surface area contributed by atoms with Gasteiger partial charge in [-0.1, -0.05) is 0 Å². The van der Waals surface area contributed by atoms with Crippen molar-refractivity contribution in [2.45, 2.75) is 19.4 Å². The molecule has 0 saturated carbocycles. The molecule has 2 saturated heterocycles. The number of morpholine rings is 2. The number of ether oxygens (including phenoxy) is 2. The lowest BCUT2D eigenvalue weighted by Gasteiger charge is -2.32. The minimum atomic E-state index is 0.337. The average molecular weight is 368 g/mol. The summed E-state index contributed by atoms with van der Waals surface area (Å²) in [6.07, 6.45) is 2.74. The summed E-state index contributed by atoms with van der Waals surface area (Å²) in [5.41, 5.74) is 10.1. The van der Waals surface area contributed by atoms with Gasteiger partial charge in [-0.05, 0) is 18.6 Å². The molecule has 0 unspecified atom stereocenters. The maximum Gasteiger partial charge on any atom is 0.228 e. The number of nitrogen functional groups attached to an aromatic ring is 1. The molecule has 27 heavy (non-hydrogen) atoms. The Morgan fingerprint density at radius 1 is 1.11 bits per heavy atom. The summed E-state index contributed by atoms with van der Waals surface area (Å²) < 4.78 is 11.2. The maximum absolute atomic E-state index is 5.87. The number of anilines is 3. The van der Waals surface area contributed by atoms with E-state index in [1.165, 1.54) is 5.56 Å². The van der Waals surface area contributed by atoms with Gasteiger partial charge >= 0.3 is 0 Å². The zero-order valence-corrected chi connectivity index (χ0v) is 15.5. The van der Waals surface area contributed by atoms with Crippen molar-refractivity contribution < 1.29 is 9.47 Å². The second-order valence-electron chi connectivity index (χ2n) is 7.32. The summed E-state index contributed by atoms with van der Waals surface area (Å²) in [6, 6.07) is 2.24. The molecule has 5 rings (SSSR count). The maximum atomic E-state index is 5.87. The van der Waals surface area contributed by atoms with Gasteiger partial charge in [-0.2, -0.15) is 4.98 Å². The van der Waals surface area contributed by atoms with Crippen LogP contribution in [0, 0.1) is 6.92 Å². The van der Waals surface area contributed by atoms with Crippen molar-refractivity contribution in [2.24, 2.45) is 0 Å². The average Bonchev–Trinajstić information content (AvgIpc) is 3.07. The molecule has 0 spiro atoms. The predicted octanol–water partition coefficient (Wildman–Crippen LogP) is 1.03. The zero-order chi connectivity index (χ0) is 18.4. The van der Waals surface area contributed by atoms with E-state index in [1.807, 2.05) is 12.3 Å². The van der Waals surface area contributed by atoms with Crippen LogP contribution in [0.15, 0.2) is 12.3 Å². The van der Waals surface area contributed by atoms with E-state index >= 15 is 0 Å². The topological polar surface area (TPSA) is 89.6 Å². The number of nitrogens with zero attached hydrogens (tertiary/aromatic N) is 5. The molecule has 0 aromatic carbocycles. The third kappa shape index (κ3) is 2.89. The summed E-state index contributed by atoms with van der Waals surface area (Å²) in [7, 11) is 0. The Morgan fingerprint density at radius 2 is 1.93 bits per heavy atom. The van der Waals surface area contributed by atoms with Gasteiger partial charge in [0.2, 0.25) is 5.95 Å². The molecule has 3 aliphatic heterocycles. The fourth-order valence-electron chi connectivity index (χ4n) is 4.18. The number of pyridine rings is 1. The minimum Gasteiger partial charge on any atom is -0.384 e. The van der Waals surface area contributed by atoms with E-state index in [0.717, 1.165) is 67.9 Å². The van der Waals surface area contributed by atoms with Crippen LogP contribution < -0.4 is 15.5 Å². The van der Waals surface area contributed by atoms with Crippen LogP contribution in [-0.2, 0) is 15.9 Å². The van der Waals surface area contributed by atoms with Crippen LogP contribution in [0.4, 0.5) is 17.6 Å². The van der Waals surface area contributed by atoms with E-state index in [-0.39, 0.29) is 0 Å². The molecule has 142 valence electrons. The van der Waals surface area contributed by atoms with Gasteiger partial charge in [-0.3, -0.25) is 0 Å². The lowest BCUT2D eigenvalue weighted by atomic mass is 10.0. The molecule has 1 atom stereocenters. The highest BCUT2D eigenvalue weighted by molar-refractivity contribution is 5.75. The van der Waals surface area contributed by atoms with Crippen LogP contribution in [0.3, 0.4) is 0 Å². The first kappa shape index (κ1) is 16.7. The van der Waals surface area contributed by atoms with Crippen molar-refractivity contribution in [1.29, 1.82) is 0 Å². The molecule has 0 amide bonds. The first-order valence-corrected chi connectivity index (χ1v) is 9.51. The Morgan fingerprint density at radius 3 is 2.74 bits per heavy atom. The fourth-order valence-corrected chi connectivity index (χ4v) is 4.18. The van der Waals surface area contributed by atoms with Gasteiger partial charge < -0.3 is 25.0 Å². The van der Waals surface area contributed by atoms with E-state index in [4.69, 9.17) is 25.2 Å². The van der Waals surface area contributed by atoms with Crippen LogP contribution in [0.1, 0.15) is 11.1 Å². The monoisotopic (exact) mass is 368 g/mol. The van der Waals surface area contributed by atoms with E-state index in [2.05, 4.69) is 21.7 Å². The molecule has 2 fully saturated rings. The van der Waals surface area contributed by atoms with Crippen molar-refractivity contribution >= 4 is 17.6 Å².